The Morgan fingerprint density at radius 2 is 2.18 bits per heavy atom. The smallest absolute Gasteiger partial charge is 0.221 e. The molecule has 2 aromatic rings. The number of nitrogens with zero attached hydrogens (tertiary/aromatic N) is 2. The molecular formula is C11H10BrFN4. The largest absolute Gasteiger partial charge is 0.368 e. The van der Waals surface area contributed by atoms with E-state index in [1.165, 1.54) is 12.1 Å². The number of anilines is 3. The lowest BCUT2D eigenvalue weighted by atomic mass is 10.3. The first-order valence-electron chi connectivity index (χ1n) is 4.87. The Balaban J connectivity index is 2.37. The molecule has 0 saturated carbocycles. The van der Waals surface area contributed by atoms with Crippen molar-refractivity contribution in [3.05, 3.63) is 40.2 Å². The topological polar surface area (TPSA) is 63.8 Å². The zero-order valence-electron chi connectivity index (χ0n) is 9.04. The number of halogens is 2. The van der Waals surface area contributed by atoms with Crippen molar-refractivity contribution >= 4 is 33.4 Å². The molecule has 0 spiro atoms. The van der Waals surface area contributed by atoms with E-state index >= 15 is 0 Å². The van der Waals surface area contributed by atoms with Crippen LogP contribution in [-0.2, 0) is 0 Å². The maximum atomic E-state index is 13.1. The average Bonchev–Trinajstić information content (AvgIpc) is 2.28. The lowest BCUT2D eigenvalue weighted by molar-refractivity contribution is 0.628. The molecule has 0 saturated heterocycles. The van der Waals surface area contributed by atoms with Crippen molar-refractivity contribution in [2.24, 2.45) is 0 Å². The Bertz CT molecular complexity index is 510. The fourth-order valence-electron chi connectivity index (χ4n) is 1.30. The van der Waals surface area contributed by atoms with Crippen molar-refractivity contribution < 1.29 is 4.39 Å². The van der Waals surface area contributed by atoms with Gasteiger partial charge in [0.1, 0.15) is 11.6 Å². The molecule has 0 aliphatic heterocycles. The second kappa shape index (κ2) is 4.67. The molecule has 0 atom stereocenters. The first-order valence-corrected chi connectivity index (χ1v) is 5.67. The molecule has 1 aromatic carbocycles. The maximum Gasteiger partial charge on any atom is 0.221 e. The van der Waals surface area contributed by atoms with Crippen molar-refractivity contribution in [2.75, 3.05) is 11.1 Å². The van der Waals surface area contributed by atoms with Crippen molar-refractivity contribution in [1.29, 1.82) is 0 Å². The van der Waals surface area contributed by atoms with Crippen LogP contribution in [0, 0.1) is 12.7 Å². The summed E-state index contributed by atoms with van der Waals surface area (Å²) in [5.41, 5.74) is 6.92. The number of hydrogen-bond donors (Lipinski definition) is 2. The van der Waals surface area contributed by atoms with Crippen LogP contribution in [0.3, 0.4) is 0 Å². The predicted octanol–water partition coefficient (Wildman–Crippen LogP) is 3.01. The number of aromatic nitrogens is 2. The Morgan fingerprint density at radius 3 is 2.94 bits per heavy atom. The van der Waals surface area contributed by atoms with E-state index in [9.17, 15) is 4.39 Å². The minimum Gasteiger partial charge on any atom is -0.368 e. The van der Waals surface area contributed by atoms with E-state index in [1.807, 2.05) is 6.92 Å². The summed E-state index contributed by atoms with van der Waals surface area (Å²) in [6.07, 6.45) is 1.61. The van der Waals surface area contributed by atoms with Crippen LogP contribution in [0.5, 0.6) is 0 Å². The fraction of sp³-hybridized carbons (Fsp3) is 0.0909. The molecule has 0 unspecified atom stereocenters. The number of nitrogens with two attached hydrogens (primary N) is 1. The molecule has 3 N–H and O–H groups in total. The van der Waals surface area contributed by atoms with Crippen molar-refractivity contribution in [1.82, 2.24) is 9.97 Å². The summed E-state index contributed by atoms with van der Waals surface area (Å²) >= 11 is 3.33. The summed E-state index contributed by atoms with van der Waals surface area (Å²) in [7, 11) is 0. The Morgan fingerprint density at radius 1 is 1.41 bits per heavy atom. The summed E-state index contributed by atoms with van der Waals surface area (Å²) in [6.45, 7) is 1.84. The number of benzene rings is 1. The standard InChI is InChI=1S/C11H10BrFN4/c1-6-5-15-11(14)17-10(6)16-9-4-7(13)2-3-8(9)12/h2-5H,1H3,(H3,14,15,16,17). The summed E-state index contributed by atoms with van der Waals surface area (Å²) in [4.78, 5) is 7.91. The predicted molar refractivity (Wildman–Crippen MR) is 68.6 cm³/mol. The van der Waals surface area contributed by atoms with Crippen LogP contribution in [0.15, 0.2) is 28.9 Å². The normalized spacial score (nSPS) is 10.3. The van der Waals surface area contributed by atoms with E-state index in [1.54, 1.807) is 12.3 Å². The Labute approximate surface area is 106 Å². The molecule has 6 heteroatoms. The van der Waals surface area contributed by atoms with Gasteiger partial charge in [-0.25, -0.2) is 9.37 Å². The summed E-state index contributed by atoms with van der Waals surface area (Å²) in [5.74, 6) is 0.407. The van der Waals surface area contributed by atoms with Gasteiger partial charge in [-0.1, -0.05) is 0 Å². The lowest BCUT2D eigenvalue weighted by Gasteiger charge is -2.10. The first kappa shape index (κ1) is 11.8. The summed E-state index contributed by atoms with van der Waals surface area (Å²) in [5, 5.41) is 3.00. The molecule has 0 radical (unpaired) electrons. The highest BCUT2D eigenvalue weighted by Crippen LogP contribution is 2.27. The Hall–Kier alpha value is -1.69. The van der Waals surface area contributed by atoms with Gasteiger partial charge < -0.3 is 11.1 Å². The van der Waals surface area contributed by atoms with Gasteiger partial charge in [-0.15, -0.1) is 0 Å². The van der Waals surface area contributed by atoms with Crippen LogP contribution in [0.4, 0.5) is 21.8 Å². The summed E-state index contributed by atoms with van der Waals surface area (Å²) < 4.78 is 13.9. The van der Waals surface area contributed by atoms with E-state index in [0.29, 0.717) is 11.5 Å². The Kier molecular flexibility index (Phi) is 3.23. The number of hydrogen-bond acceptors (Lipinski definition) is 4. The second-order valence-electron chi connectivity index (χ2n) is 3.51. The van der Waals surface area contributed by atoms with Crippen LogP contribution < -0.4 is 11.1 Å². The van der Waals surface area contributed by atoms with E-state index < -0.39 is 0 Å². The van der Waals surface area contributed by atoms with Gasteiger partial charge in [-0.2, -0.15) is 4.98 Å². The monoisotopic (exact) mass is 296 g/mol. The van der Waals surface area contributed by atoms with Gasteiger partial charge in [0, 0.05) is 16.2 Å². The van der Waals surface area contributed by atoms with Gasteiger partial charge in [0.2, 0.25) is 5.95 Å². The van der Waals surface area contributed by atoms with Crippen molar-refractivity contribution in [3.63, 3.8) is 0 Å². The average molecular weight is 297 g/mol. The van der Waals surface area contributed by atoms with Crippen LogP contribution in [0.25, 0.3) is 0 Å². The van der Waals surface area contributed by atoms with Gasteiger partial charge in [-0.05, 0) is 41.1 Å². The third-order valence-corrected chi connectivity index (χ3v) is 2.86. The van der Waals surface area contributed by atoms with Gasteiger partial charge in [0.15, 0.2) is 0 Å². The number of nitrogen functional groups attached to an aromatic ring is 1. The third kappa shape index (κ3) is 2.71. The highest BCUT2D eigenvalue weighted by Gasteiger charge is 2.06. The molecule has 4 nitrogen and oxygen atoms in total. The lowest BCUT2D eigenvalue weighted by Crippen LogP contribution is -2.02. The highest BCUT2D eigenvalue weighted by molar-refractivity contribution is 9.10. The minimum absolute atomic E-state index is 0.172. The molecule has 0 amide bonds. The molecule has 1 aromatic heterocycles. The van der Waals surface area contributed by atoms with Gasteiger partial charge in [-0.3, -0.25) is 0 Å². The molecular weight excluding hydrogens is 287 g/mol. The molecule has 0 aliphatic carbocycles. The van der Waals surface area contributed by atoms with Gasteiger partial charge in [0.05, 0.1) is 5.69 Å². The molecule has 0 aliphatic rings. The van der Waals surface area contributed by atoms with Crippen LogP contribution in [-0.4, -0.2) is 9.97 Å². The van der Waals surface area contributed by atoms with E-state index in [2.05, 4.69) is 31.2 Å². The van der Waals surface area contributed by atoms with Crippen molar-refractivity contribution in [3.8, 4) is 0 Å². The third-order valence-electron chi connectivity index (χ3n) is 2.17. The zero-order chi connectivity index (χ0) is 12.4. The second-order valence-corrected chi connectivity index (χ2v) is 4.36. The summed E-state index contributed by atoms with van der Waals surface area (Å²) in [6, 6.07) is 4.37. The number of rotatable bonds is 2. The quantitative estimate of drug-likeness (QED) is 0.894. The van der Waals surface area contributed by atoms with E-state index in [-0.39, 0.29) is 11.8 Å². The van der Waals surface area contributed by atoms with E-state index in [4.69, 9.17) is 5.73 Å². The number of aryl methyl sites for hydroxylation is 1. The molecule has 0 fully saturated rings. The molecule has 1 heterocycles. The highest BCUT2D eigenvalue weighted by atomic mass is 79.9. The van der Waals surface area contributed by atoms with Crippen molar-refractivity contribution in [2.45, 2.75) is 6.92 Å². The maximum absolute atomic E-state index is 13.1. The van der Waals surface area contributed by atoms with Crippen LogP contribution >= 0.6 is 15.9 Å². The van der Waals surface area contributed by atoms with Crippen LogP contribution in [0.1, 0.15) is 5.56 Å². The first-order chi connectivity index (χ1) is 8.06. The van der Waals surface area contributed by atoms with Crippen LogP contribution in [0.2, 0.25) is 0 Å². The zero-order valence-corrected chi connectivity index (χ0v) is 10.6. The SMILES string of the molecule is Cc1cnc(N)nc1Nc1cc(F)ccc1Br. The molecule has 88 valence electrons. The van der Waals surface area contributed by atoms with E-state index in [0.717, 1.165) is 10.0 Å². The van der Waals surface area contributed by atoms with Gasteiger partial charge in [0.25, 0.3) is 0 Å². The minimum atomic E-state index is -0.324. The molecule has 17 heavy (non-hydrogen) atoms. The van der Waals surface area contributed by atoms with Gasteiger partial charge >= 0.3 is 0 Å². The number of nitrogens with one attached hydrogen (secondary N) is 1. The molecule has 0 bridgehead atoms. The molecule has 2 rings (SSSR count). The fourth-order valence-corrected chi connectivity index (χ4v) is 1.65.